The number of methoxy groups -OCH3 is 1. The van der Waals surface area contributed by atoms with Gasteiger partial charge in [0, 0.05) is 36.8 Å². The topological polar surface area (TPSA) is 138 Å². The quantitative estimate of drug-likeness (QED) is 0.584. The van der Waals surface area contributed by atoms with E-state index in [2.05, 4.69) is 36.5 Å². The van der Waals surface area contributed by atoms with Crippen LogP contribution in [0.2, 0.25) is 0 Å². The number of rotatable bonds is 5. The molecule has 0 bridgehead atoms. The van der Waals surface area contributed by atoms with Crippen molar-refractivity contribution in [1.82, 2.24) is 29.8 Å². The minimum atomic E-state index is -0.638. The number of amides is 2. The van der Waals surface area contributed by atoms with Crippen molar-refractivity contribution in [2.45, 2.75) is 37.3 Å². The second-order valence-corrected chi connectivity index (χ2v) is 9.09. The normalized spacial score (nSPS) is 17.4. The molecule has 2 amide bonds. The van der Waals surface area contributed by atoms with E-state index in [0.29, 0.717) is 37.6 Å². The van der Waals surface area contributed by atoms with Crippen LogP contribution in [-0.4, -0.2) is 68.3 Å². The van der Waals surface area contributed by atoms with Gasteiger partial charge in [0.1, 0.15) is 21.9 Å². The van der Waals surface area contributed by atoms with Crippen molar-refractivity contribution in [1.29, 1.82) is 5.26 Å². The first kappa shape index (κ1) is 21.1. The van der Waals surface area contributed by atoms with Gasteiger partial charge in [-0.25, -0.2) is 19.3 Å². The first-order valence-corrected chi connectivity index (χ1v) is 11.5. The van der Waals surface area contributed by atoms with Crippen LogP contribution in [0.5, 0.6) is 0 Å². The van der Waals surface area contributed by atoms with Gasteiger partial charge in [-0.3, -0.25) is 4.79 Å². The summed E-state index contributed by atoms with van der Waals surface area (Å²) in [4.78, 5) is 36.6. The number of hydrogen-bond acceptors (Lipinski definition) is 9. The maximum atomic E-state index is 13.3. The van der Waals surface area contributed by atoms with Crippen molar-refractivity contribution < 1.29 is 14.3 Å². The molecule has 3 aromatic rings. The Kier molecular flexibility index (Phi) is 5.33. The minimum Gasteiger partial charge on any atom is -0.453 e. The fourth-order valence-corrected chi connectivity index (χ4v) is 4.66. The third kappa shape index (κ3) is 4.19. The van der Waals surface area contributed by atoms with Crippen LogP contribution in [0.4, 0.5) is 10.6 Å². The number of anilines is 1. The lowest BCUT2D eigenvalue weighted by Crippen LogP contribution is -2.46. The van der Waals surface area contributed by atoms with Gasteiger partial charge in [0.05, 0.1) is 24.9 Å². The zero-order valence-electron chi connectivity index (χ0n) is 17.9. The first-order chi connectivity index (χ1) is 16.0. The molecular formula is C21H22N8O3S. The van der Waals surface area contributed by atoms with E-state index in [4.69, 9.17) is 0 Å². The summed E-state index contributed by atoms with van der Waals surface area (Å²) < 4.78 is 6.39. The zero-order chi connectivity index (χ0) is 23.0. The Labute approximate surface area is 193 Å². The van der Waals surface area contributed by atoms with E-state index in [9.17, 15) is 14.9 Å². The SMILES string of the molecule is COC(=O)NC1CCN(C(=O)c2cc(NC3(C#N)CC3)nc(-c3cnn4ccsc34)n2)CC1. The Hall–Kier alpha value is -3.72. The molecule has 4 heterocycles. The number of aromatic nitrogens is 4. The lowest BCUT2D eigenvalue weighted by molar-refractivity contribution is 0.0698. The number of carbonyl (C=O) groups excluding carboxylic acids is 2. The van der Waals surface area contributed by atoms with E-state index in [1.807, 2.05) is 11.6 Å². The highest BCUT2D eigenvalue weighted by atomic mass is 32.1. The molecule has 33 heavy (non-hydrogen) atoms. The smallest absolute Gasteiger partial charge is 0.407 e. The molecule has 0 spiro atoms. The number of nitrogens with one attached hydrogen (secondary N) is 2. The highest BCUT2D eigenvalue weighted by Gasteiger charge is 2.43. The van der Waals surface area contributed by atoms with E-state index >= 15 is 0 Å². The zero-order valence-corrected chi connectivity index (χ0v) is 18.8. The van der Waals surface area contributed by atoms with Crippen LogP contribution < -0.4 is 10.6 Å². The van der Waals surface area contributed by atoms with Gasteiger partial charge < -0.3 is 20.3 Å². The van der Waals surface area contributed by atoms with Gasteiger partial charge in [-0.1, -0.05) is 0 Å². The summed E-state index contributed by atoms with van der Waals surface area (Å²) in [7, 11) is 1.33. The minimum absolute atomic E-state index is 0.0374. The number of carbonyl (C=O) groups is 2. The monoisotopic (exact) mass is 466 g/mol. The molecule has 1 aliphatic carbocycles. The third-order valence-electron chi connectivity index (χ3n) is 5.94. The van der Waals surface area contributed by atoms with Crippen LogP contribution in [-0.2, 0) is 4.74 Å². The molecule has 1 saturated carbocycles. The summed E-state index contributed by atoms with van der Waals surface area (Å²) in [6.07, 6.45) is 5.77. The van der Waals surface area contributed by atoms with Gasteiger partial charge in [-0.05, 0) is 25.7 Å². The van der Waals surface area contributed by atoms with Crippen molar-refractivity contribution in [3.63, 3.8) is 0 Å². The fraction of sp³-hybridized carbons (Fsp3) is 0.429. The fourth-order valence-electron chi connectivity index (χ4n) is 3.87. The van der Waals surface area contributed by atoms with E-state index in [1.165, 1.54) is 18.4 Å². The summed E-state index contributed by atoms with van der Waals surface area (Å²) >= 11 is 1.51. The predicted molar refractivity (Wildman–Crippen MR) is 120 cm³/mol. The Bertz CT molecular complexity index is 1250. The maximum Gasteiger partial charge on any atom is 0.407 e. The van der Waals surface area contributed by atoms with Crippen molar-refractivity contribution in [2.75, 3.05) is 25.5 Å². The number of likely N-dealkylation sites (tertiary alicyclic amines) is 1. The van der Waals surface area contributed by atoms with Gasteiger partial charge in [0.15, 0.2) is 5.82 Å². The Balaban J connectivity index is 1.42. The number of piperidine rings is 1. The average Bonchev–Trinajstić information content (AvgIpc) is 3.25. The molecule has 3 aromatic heterocycles. The van der Waals surface area contributed by atoms with Gasteiger partial charge in [-0.15, -0.1) is 11.3 Å². The molecule has 5 rings (SSSR count). The molecule has 2 aliphatic rings. The van der Waals surface area contributed by atoms with Crippen LogP contribution >= 0.6 is 11.3 Å². The van der Waals surface area contributed by atoms with E-state index in [0.717, 1.165) is 23.2 Å². The predicted octanol–water partition coefficient (Wildman–Crippen LogP) is 2.28. The molecule has 1 saturated heterocycles. The van der Waals surface area contributed by atoms with Gasteiger partial charge >= 0.3 is 6.09 Å². The summed E-state index contributed by atoms with van der Waals surface area (Å²) in [5.74, 6) is 0.618. The number of hydrogen-bond donors (Lipinski definition) is 2. The van der Waals surface area contributed by atoms with Crippen molar-refractivity contribution in [3.05, 3.63) is 29.5 Å². The largest absolute Gasteiger partial charge is 0.453 e. The summed E-state index contributed by atoms with van der Waals surface area (Å²) in [5.41, 5.74) is 0.346. The number of ether oxygens (including phenoxy) is 1. The lowest BCUT2D eigenvalue weighted by atomic mass is 10.0. The lowest BCUT2D eigenvalue weighted by Gasteiger charge is -2.32. The second kappa shape index (κ2) is 8.32. The molecule has 2 fully saturated rings. The Morgan fingerprint density at radius 2 is 2.09 bits per heavy atom. The highest BCUT2D eigenvalue weighted by molar-refractivity contribution is 7.16. The van der Waals surface area contributed by atoms with E-state index < -0.39 is 11.6 Å². The number of nitrogens with zero attached hydrogens (tertiary/aromatic N) is 6. The van der Waals surface area contributed by atoms with E-state index in [1.54, 1.807) is 21.7 Å². The van der Waals surface area contributed by atoms with Gasteiger partial charge in [0.25, 0.3) is 5.91 Å². The standard InChI is InChI=1S/C21H22N8O3S/c1-32-20(31)24-13-2-6-28(7-3-13)18(30)15-10-16(27-21(12-22)4-5-21)26-17(25-15)14-11-23-29-8-9-33-19(14)29/h8-11,13H,2-7H2,1H3,(H,24,31)(H,25,26,27). The molecule has 2 N–H and O–H groups in total. The second-order valence-electron chi connectivity index (χ2n) is 8.19. The van der Waals surface area contributed by atoms with Gasteiger partial charge in [-0.2, -0.15) is 10.4 Å². The summed E-state index contributed by atoms with van der Waals surface area (Å²) in [6, 6.07) is 3.86. The van der Waals surface area contributed by atoms with Crippen LogP contribution in [0.1, 0.15) is 36.2 Å². The van der Waals surface area contributed by atoms with E-state index in [-0.39, 0.29) is 17.6 Å². The number of nitriles is 1. The molecule has 170 valence electrons. The third-order valence-corrected chi connectivity index (χ3v) is 6.83. The van der Waals surface area contributed by atoms with Crippen LogP contribution in [0, 0.1) is 11.3 Å². The Morgan fingerprint density at radius 3 is 2.79 bits per heavy atom. The Morgan fingerprint density at radius 1 is 1.30 bits per heavy atom. The first-order valence-electron chi connectivity index (χ1n) is 10.6. The van der Waals surface area contributed by atoms with Gasteiger partial charge in [0.2, 0.25) is 0 Å². The number of thiazole rings is 1. The van der Waals surface area contributed by atoms with Crippen LogP contribution in [0.15, 0.2) is 23.8 Å². The van der Waals surface area contributed by atoms with Crippen LogP contribution in [0.3, 0.4) is 0 Å². The molecule has 11 nitrogen and oxygen atoms in total. The maximum absolute atomic E-state index is 13.3. The molecule has 0 unspecified atom stereocenters. The summed E-state index contributed by atoms with van der Waals surface area (Å²) in [5, 5.41) is 21.7. The van der Waals surface area contributed by atoms with Crippen LogP contribution in [0.25, 0.3) is 16.2 Å². The molecule has 0 aromatic carbocycles. The molecule has 0 radical (unpaired) electrons. The summed E-state index contributed by atoms with van der Waals surface area (Å²) in [6.45, 7) is 0.974. The number of alkyl carbamates (subject to hydrolysis) is 1. The molecular weight excluding hydrogens is 444 g/mol. The molecule has 1 aliphatic heterocycles. The van der Waals surface area contributed by atoms with Crippen molar-refractivity contribution in [2.24, 2.45) is 0 Å². The average molecular weight is 467 g/mol. The highest BCUT2D eigenvalue weighted by Crippen LogP contribution is 2.38. The van der Waals surface area contributed by atoms with Crippen molar-refractivity contribution >= 4 is 34.0 Å². The molecule has 0 atom stereocenters. The number of fused-ring (bicyclic) bond motifs is 1. The molecule has 12 heteroatoms. The van der Waals surface area contributed by atoms with Crippen molar-refractivity contribution in [3.8, 4) is 17.5 Å².